The van der Waals surface area contributed by atoms with Gasteiger partial charge in [0.15, 0.2) is 0 Å². The van der Waals surface area contributed by atoms with Gasteiger partial charge in [0.25, 0.3) is 0 Å². The molecule has 15 heavy (non-hydrogen) atoms. The van der Waals surface area contributed by atoms with Crippen molar-refractivity contribution in [1.29, 1.82) is 0 Å². The first-order chi connectivity index (χ1) is 6.96. The third-order valence-corrected chi connectivity index (χ3v) is 6.38. The quantitative estimate of drug-likeness (QED) is 0.699. The summed E-state index contributed by atoms with van der Waals surface area (Å²) in [6.45, 7) is 0. The largest absolute Gasteiger partial charge is 0.302 e. The fourth-order valence-electron chi connectivity index (χ4n) is 2.76. The van der Waals surface area contributed by atoms with Gasteiger partial charge >= 0.3 is 10.2 Å². The Labute approximate surface area is 92.1 Å². The van der Waals surface area contributed by atoms with Gasteiger partial charge in [0.2, 0.25) is 0 Å². The van der Waals surface area contributed by atoms with E-state index >= 15 is 0 Å². The van der Waals surface area contributed by atoms with Crippen molar-refractivity contribution in [2.24, 2.45) is 5.92 Å². The molecule has 0 N–H and O–H groups in total. The van der Waals surface area contributed by atoms with Crippen LogP contribution in [0.5, 0.6) is 0 Å². The number of hydrogen-bond donors (Lipinski definition) is 0. The molecule has 2 aliphatic rings. The third kappa shape index (κ3) is 2.78. The van der Waals surface area contributed by atoms with E-state index in [4.69, 9.17) is 0 Å². The van der Waals surface area contributed by atoms with Crippen molar-refractivity contribution in [2.75, 3.05) is 5.75 Å². The summed E-state index contributed by atoms with van der Waals surface area (Å²) < 4.78 is 45.4. The molecule has 88 valence electrons. The van der Waals surface area contributed by atoms with Gasteiger partial charge in [0.05, 0.1) is 5.75 Å². The van der Waals surface area contributed by atoms with Crippen LogP contribution in [0.3, 0.4) is 0 Å². The Morgan fingerprint density at radius 2 is 1.73 bits per heavy atom. The van der Waals surface area contributed by atoms with Crippen LogP contribution in [-0.4, -0.2) is 28.9 Å². The first-order valence-corrected chi connectivity index (χ1v) is 8.10. The summed E-state index contributed by atoms with van der Waals surface area (Å²) in [7, 11) is -5.17. The van der Waals surface area contributed by atoms with Gasteiger partial charge in [-0.25, -0.2) is 0 Å². The van der Waals surface area contributed by atoms with Crippen LogP contribution in [0.15, 0.2) is 0 Å². The predicted octanol–water partition coefficient (Wildman–Crippen LogP) is 1.37. The predicted molar refractivity (Wildman–Crippen MR) is 57.2 cm³/mol. The highest BCUT2D eigenvalue weighted by atomic mass is 32.3. The second-order valence-electron chi connectivity index (χ2n) is 4.55. The van der Waals surface area contributed by atoms with Crippen molar-refractivity contribution in [2.45, 2.75) is 42.6 Å². The van der Waals surface area contributed by atoms with Crippen LogP contribution in [0.4, 0.5) is 3.89 Å². The molecule has 0 saturated carbocycles. The lowest BCUT2D eigenvalue weighted by atomic mass is 9.91. The van der Waals surface area contributed by atoms with Gasteiger partial charge in [-0.05, 0) is 31.6 Å². The van der Waals surface area contributed by atoms with Gasteiger partial charge in [-0.1, -0.05) is 6.42 Å². The molecule has 2 bridgehead atoms. The lowest BCUT2D eigenvalue weighted by Crippen LogP contribution is -2.40. The third-order valence-electron chi connectivity index (χ3n) is 3.34. The second kappa shape index (κ2) is 4.13. The molecule has 0 aromatic heterocycles. The lowest BCUT2D eigenvalue weighted by molar-refractivity contribution is 0.376. The Kier molecular flexibility index (Phi) is 3.17. The molecule has 0 aromatic carbocycles. The second-order valence-corrected chi connectivity index (χ2v) is 7.95. The smallest absolute Gasteiger partial charge is 0.259 e. The average molecular weight is 254 g/mol. The fourth-order valence-corrected chi connectivity index (χ4v) is 5.86. The summed E-state index contributed by atoms with van der Waals surface area (Å²) >= 11 is 0. The molecule has 0 aliphatic carbocycles. The molecule has 2 atom stereocenters. The molecule has 2 saturated heterocycles. The monoisotopic (exact) mass is 254 g/mol. The molecule has 2 rings (SSSR count). The molecule has 3 nitrogen and oxygen atoms in total. The molecule has 2 fully saturated rings. The van der Waals surface area contributed by atoms with Gasteiger partial charge < -0.3 is 0 Å². The number of hydrogen-bond acceptors (Lipinski definition) is 3. The van der Waals surface area contributed by atoms with E-state index in [-0.39, 0.29) is 22.2 Å². The Bertz CT molecular complexity index is 350. The maximum absolute atomic E-state index is 12.5. The highest BCUT2D eigenvalue weighted by molar-refractivity contribution is 7.86. The van der Waals surface area contributed by atoms with Crippen LogP contribution in [0.1, 0.15) is 32.1 Å². The zero-order valence-electron chi connectivity index (χ0n) is 8.39. The van der Waals surface area contributed by atoms with E-state index in [0.717, 1.165) is 19.3 Å². The van der Waals surface area contributed by atoms with Gasteiger partial charge in [-0.3, -0.25) is 4.21 Å². The summed E-state index contributed by atoms with van der Waals surface area (Å²) in [5, 5.41) is 0.230. The van der Waals surface area contributed by atoms with Gasteiger partial charge in [0, 0.05) is 21.3 Å². The number of halogens is 1. The van der Waals surface area contributed by atoms with Crippen molar-refractivity contribution < 1.29 is 16.5 Å². The highest BCUT2D eigenvalue weighted by Crippen LogP contribution is 2.37. The van der Waals surface area contributed by atoms with Gasteiger partial charge in [-0.15, -0.1) is 3.89 Å². The first kappa shape index (κ1) is 11.5. The fraction of sp³-hybridized carbons (Fsp3) is 1.00. The minimum atomic E-state index is -4.37. The molecule has 0 radical (unpaired) electrons. The summed E-state index contributed by atoms with van der Waals surface area (Å²) in [6.07, 6.45) is 4.13. The van der Waals surface area contributed by atoms with Crippen molar-refractivity contribution in [3.8, 4) is 0 Å². The minimum Gasteiger partial charge on any atom is -0.259 e. The standard InChI is InChI=1S/C9H15FO3S2/c10-15(12,13)6-7-4-8-2-1-3-9(5-7)14(8)11/h7-9H,1-6H2. The molecular weight excluding hydrogens is 239 g/mol. The zero-order valence-corrected chi connectivity index (χ0v) is 10.0. The SMILES string of the molecule is O=S1C2CCCC1CC(CS(=O)(=O)F)C2. The zero-order chi connectivity index (χ0) is 11.1. The van der Waals surface area contributed by atoms with E-state index in [9.17, 15) is 16.5 Å². The summed E-state index contributed by atoms with van der Waals surface area (Å²) in [5.74, 6) is -0.495. The molecule has 2 unspecified atom stereocenters. The van der Waals surface area contributed by atoms with E-state index < -0.39 is 21.0 Å². The van der Waals surface area contributed by atoms with Crippen LogP contribution < -0.4 is 0 Å². The van der Waals surface area contributed by atoms with Crippen LogP contribution in [0.2, 0.25) is 0 Å². The topological polar surface area (TPSA) is 51.2 Å². The van der Waals surface area contributed by atoms with Crippen molar-refractivity contribution in [3.05, 3.63) is 0 Å². The molecule has 2 heterocycles. The Morgan fingerprint density at radius 1 is 1.20 bits per heavy atom. The van der Waals surface area contributed by atoms with Gasteiger partial charge in [0.1, 0.15) is 0 Å². The van der Waals surface area contributed by atoms with E-state index in [1.165, 1.54) is 0 Å². The molecule has 0 amide bonds. The molecule has 0 aromatic rings. The Hall–Kier alpha value is 0.0300. The van der Waals surface area contributed by atoms with E-state index in [1.54, 1.807) is 0 Å². The van der Waals surface area contributed by atoms with Crippen molar-refractivity contribution >= 4 is 21.0 Å². The Balaban J connectivity index is 2.05. The van der Waals surface area contributed by atoms with Crippen LogP contribution >= 0.6 is 0 Å². The van der Waals surface area contributed by atoms with Crippen molar-refractivity contribution in [3.63, 3.8) is 0 Å². The summed E-state index contributed by atoms with van der Waals surface area (Å²) in [5.41, 5.74) is 0. The Morgan fingerprint density at radius 3 is 2.20 bits per heavy atom. The molecule has 2 aliphatic heterocycles. The normalized spacial score (nSPS) is 41.4. The maximum Gasteiger partial charge on any atom is 0.302 e. The van der Waals surface area contributed by atoms with Gasteiger partial charge in [-0.2, -0.15) is 8.42 Å². The minimum absolute atomic E-state index is 0.115. The lowest BCUT2D eigenvalue weighted by Gasteiger charge is -2.37. The summed E-state index contributed by atoms with van der Waals surface area (Å²) in [4.78, 5) is 0. The summed E-state index contributed by atoms with van der Waals surface area (Å²) in [6, 6.07) is 0. The van der Waals surface area contributed by atoms with E-state index in [0.29, 0.717) is 12.8 Å². The van der Waals surface area contributed by atoms with Crippen LogP contribution in [0.25, 0.3) is 0 Å². The maximum atomic E-state index is 12.5. The van der Waals surface area contributed by atoms with E-state index in [2.05, 4.69) is 0 Å². The van der Waals surface area contributed by atoms with Crippen molar-refractivity contribution in [1.82, 2.24) is 0 Å². The molecule has 6 heteroatoms. The van der Waals surface area contributed by atoms with E-state index in [1.807, 2.05) is 0 Å². The first-order valence-electron chi connectivity index (χ1n) is 5.27. The molecular formula is C9H15FO3S2. The van der Waals surface area contributed by atoms with Crippen LogP contribution in [0, 0.1) is 5.92 Å². The number of fused-ring (bicyclic) bond motifs is 2. The van der Waals surface area contributed by atoms with Crippen LogP contribution in [-0.2, 0) is 21.0 Å². The average Bonchev–Trinajstić information content (AvgIpc) is 2.04. The highest BCUT2D eigenvalue weighted by Gasteiger charge is 2.39. The number of rotatable bonds is 2. The molecule has 0 spiro atoms.